The largest absolute Gasteiger partial charge is 0.506 e. The Balaban J connectivity index is 1.92. The highest BCUT2D eigenvalue weighted by Crippen LogP contribution is 2.28. The summed E-state index contributed by atoms with van der Waals surface area (Å²) in [5, 5.41) is 13.1. The molecular formula is C22H15F2N3O4. The van der Waals surface area contributed by atoms with E-state index in [9.17, 15) is 23.5 Å². The van der Waals surface area contributed by atoms with E-state index in [1.165, 1.54) is 19.4 Å². The van der Waals surface area contributed by atoms with Crippen LogP contribution in [0, 0.1) is 11.6 Å². The Kier molecular flexibility index (Phi) is 5.08. The second kappa shape index (κ2) is 7.86. The molecule has 0 atom stereocenters. The van der Waals surface area contributed by atoms with Gasteiger partial charge in [0.25, 0.3) is 11.5 Å². The molecule has 0 unspecified atom stereocenters. The number of nitrogens with zero attached hydrogens (tertiary/aromatic N) is 2. The van der Waals surface area contributed by atoms with Crippen LogP contribution in [0.3, 0.4) is 0 Å². The molecule has 9 heteroatoms. The summed E-state index contributed by atoms with van der Waals surface area (Å²) in [4.78, 5) is 30.3. The molecule has 0 fully saturated rings. The number of aromatic nitrogens is 2. The van der Waals surface area contributed by atoms with Crippen molar-refractivity contribution in [1.29, 1.82) is 0 Å². The highest BCUT2D eigenvalue weighted by Gasteiger charge is 2.24. The van der Waals surface area contributed by atoms with E-state index in [4.69, 9.17) is 4.74 Å². The lowest BCUT2D eigenvalue weighted by atomic mass is 10.1. The minimum absolute atomic E-state index is 0.0816. The Bertz CT molecular complexity index is 1390. The molecule has 2 aromatic carbocycles. The molecule has 156 valence electrons. The number of hydrogen-bond acceptors (Lipinski definition) is 5. The number of aromatic hydroxyl groups is 1. The number of carbonyl (C=O) groups excluding carboxylic acids is 1. The van der Waals surface area contributed by atoms with Crippen molar-refractivity contribution in [2.24, 2.45) is 0 Å². The number of carbonyl (C=O) groups is 1. The maximum Gasteiger partial charge on any atom is 0.273 e. The fourth-order valence-corrected chi connectivity index (χ4v) is 3.17. The molecule has 4 aromatic rings. The highest BCUT2D eigenvalue weighted by atomic mass is 19.2. The summed E-state index contributed by atoms with van der Waals surface area (Å²) in [5.41, 5.74) is -1.02. The SMILES string of the molecule is COc1cccc(-n2c(=O)c(C(=O)Nc3ccc(F)c(F)c3)c(O)c3cccnc32)c1. The quantitative estimate of drug-likeness (QED) is 0.523. The first-order valence-corrected chi connectivity index (χ1v) is 9.04. The molecule has 31 heavy (non-hydrogen) atoms. The third-order valence-corrected chi connectivity index (χ3v) is 4.62. The lowest BCUT2D eigenvalue weighted by molar-refractivity contribution is 0.102. The van der Waals surface area contributed by atoms with Crippen LogP contribution in [-0.4, -0.2) is 27.7 Å². The summed E-state index contributed by atoms with van der Waals surface area (Å²) in [7, 11) is 1.47. The minimum atomic E-state index is -1.17. The number of methoxy groups -OCH3 is 1. The normalized spacial score (nSPS) is 10.8. The number of anilines is 1. The number of amides is 1. The second-order valence-corrected chi connectivity index (χ2v) is 6.52. The van der Waals surface area contributed by atoms with Gasteiger partial charge in [-0.2, -0.15) is 0 Å². The van der Waals surface area contributed by atoms with Crippen LogP contribution in [0.1, 0.15) is 10.4 Å². The zero-order chi connectivity index (χ0) is 22.1. The van der Waals surface area contributed by atoms with Gasteiger partial charge in [0.1, 0.15) is 17.1 Å². The van der Waals surface area contributed by atoms with E-state index in [2.05, 4.69) is 10.3 Å². The molecule has 0 aliphatic heterocycles. The van der Waals surface area contributed by atoms with Crippen molar-refractivity contribution >= 4 is 22.6 Å². The molecule has 2 aromatic heterocycles. The van der Waals surface area contributed by atoms with Gasteiger partial charge in [-0.15, -0.1) is 0 Å². The summed E-state index contributed by atoms with van der Waals surface area (Å²) in [6, 6.07) is 12.3. The van der Waals surface area contributed by atoms with Crippen molar-refractivity contribution in [3.8, 4) is 17.2 Å². The molecule has 0 saturated heterocycles. The van der Waals surface area contributed by atoms with Gasteiger partial charge in [-0.25, -0.2) is 13.8 Å². The van der Waals surface area contributed by atoms with Crippen LogP contribution in [0.25, 0.3) is 16.7 Å². The molecule has 0 bridgehead atoms. The topological polar surface area (TPSA) is 93.5 Å². The van der Waals surface area contributed by atoms with Crippen molar-refractivity contribution in [3.63, 3.8) is 0 Å². The number of ether oxygens (including phenoxy) is 1. The van der Waals surface area contributed by atoms with Crippen molar-refractivity contribution in [2.75, 3.05) is 12.4 Å². The molecule has 0 aliphatic carbocycles. The molecule has 2 N–H and O–H groups in total. The van der Waals surface area contributed by atoms with Crippen molar-refractivity contribution in [1.82, 2.24) is 9.55 Å². The second-order valence-electron chi connectivity index (χ2n) is 6.52. The van der Waals surface area contributed by atoms with Gasteiger partial charge in [-0.1, -0.05) is 6.07 Å². The van der Waals surface area contributed by atoms with E-state index < -0.39 is 34.4 Å². The molecular weight excluding hydrogens is 408 g/mol. The van der Waals surface area contributed by atoms with Crippen LogP contribution >= 0.6 is 0 Å². The number of fused-ring (bicyclic) bond motifs is 1. The molecule has 0 aliphatic rings. The Morgan fingerprint density at radius 1 is 1.10 bits per heavy atom. The molecule has 2 heterocycles. The minimum Gasteiger partial charge on any atom is -0.506 e. The number of halogens is 2. The lowest BCUT2D eigenvalue weighted by Gasteiger charge is -2.15. The van der Waals surface area contributed by atoms with Crippen LogP contribution in [-0.2, 0) is 0 Å². The molecule has 0 spiro atoms. The van der Waals surface area contributed by atoms with Crippen molar-refractivity contribution in [3.05, 3.63) is 88.3 Å². The average Bonchev–Trinajstić information content (AvgIpc) is 2.76. The van der Waals surface area contributed by atoms with Crippen LogP contribution in [0.2, 0.25) is 0 Å². The Morgan fingerprint density at radius 3 is 2.65 bits per heavy atom. The zero-order valence-electron chi connectivity index (χ0n) is 16.1. The monoisotopic (exact) mass is 423 g/mol. The Morgan fingerprint density at radius 2 is 1.90 bits per heavy atom. The number of benzene rings is 2. The predicted octanol–water partition coefficient (Wildman–Crippen LogP) is 3.63. The number of nitrogens with one attached hydrogen (secondary N) is 1. The fraction of sp³-hybridized carbons (Fsp3) is 0.0455. The maximum atomic E-state index is 13.5. The lowest BCUT2D eigenvalue weighted by Crippen LogP contribution is -2.29. The predicted molar refractivity (Wildman–Crippen MR) is 110 cm³/mol. The van der Waals surface area contributed by atoms with Crippen molar-refractivity contribution < 1.29 is 23.4 Å². The van der Waals surface area contributed by atoms with E-state index >= 15 is 0 Å². The third-order valence-electron chi connectivity index (χ3n) is 4.62. The van der Waals surface area contributed by atoms with Gasteiger partial charge in [0.05, 0.1) is 18.2 Å². The number of rotatable bonds is 4. The summed E-state index contributed by atoms with van der Waals surface area (Å²) >= 11 is 0. The molecule has 7 nitrogen and oxygen atoms in total. The van der Waals surface area contributed by atoms with Crippen LogP contribution in [0.5, 0.6) is 11.5 Å². The van der Waals surface area contributed by atoms with Crippen LogP contribution < -0.4 is 15.6 Å². The maximum absolute atomic E-state index is 13.5. The summed E-state index contributed by atoms with van der Waals surface area (Å²) in [6.07, 6.45) is 1.44. The Hall–Kier alpha value is -4.27. The van der Waals surface area contributed by atoms with Gasteiger partial charge in [-0.3, -0.25) is 14.2 Å². The molecule has 1 amide bonds. The van der Waals surface area contributed by atoms with E-state index in [0.29, 0.717) is 11.4 Å². The first kappa shape index (κ1) is 20.0. The highest BCUT2D eigenvalue weighted by molar-refractivity contribution is 6.09. The smallest absolute Gasteiger partial charge is 0.273 e. The summed E-state index contributed by atoms with van der Waals surface area (Å²) < 4.78 is 33.0. The summed E-state index contributed by atoms with van der Waals surface area (Å²) in [6.45, 7) is 0. The van der Waals surface area contributed by atoms with E-state index in [1.54, 1.807) is 30.3 Å². The standard InChI is InChI=1S/C22H15F2N3O4/c1-31-14-5-2-4-13(11-14)27-20-15(6-3-9-25-20)19(28)18(22(27)30)21(29)26-12-7-8-16(23)17(24)10-12/h2-11,28H,1H3,(H,26,29). The van der Waals surface area contributed by atoms with Gasteiger partial charge < -0.3 is 15.2 Å². The number of pyridine rings is 2. The van der Waals surface area contributed by atoms with E-state index in [1.807, 2.05) is 0 Å². The average molecular weight is 423 g/mol. The summed E-state index contributed by atoms with van der Waals surface area (Å²) in [5.74, 6) is -3.35. The molecule has 0 radical (unpaired) electrons. The van der Waals surface area contributed by atoms with E-state index in [-0.39, 0.29) is 16.7 Å². The zero-order valence-corrected chi connectivity index (χ0v) is 16.1. The van der Waals surface area contributed by atoms with Gasteiger partial charge in [0.15, 0.2) is 17.3 Å². The third kappa shape index (κ3) is 3.57. The van der Waals surface area contributed by atoms with Crippen LogP contribution in [0.15, 0.2) is 65.6 Å². The van der Waals surface area contributed by atoms with Gasteiger partial charge >= 0.3 is 0 Å². The van der Waals surface area contributed by atoms with Gasteiger partial charge in [-0.05, 0) is 36.4 Å². The molecule has 4 rings (SSSR count). The van der Waals surface area contributed by atoms with Crippen LogP contribution in [0.4, 0.5) is 14.5 Å². The molecule has 0 saturated carbocycles. The first-order chi connectivity index (χ1) is 14.9. The van der Waals surface area contributed by atoms with Crippen molar-refractivity contribution in [2.45, 2.75) is 0 Å². The van der Waals surface area contributed by atoms with E-state index in [0.717, 1.165) is 22.8 Å². The first-order valence-electron chi connectivity index (χ1n) is 9.04. The fourth-order valence-electron chi connectivity index (χ4n) is 3.17. The Labute approximate surface area is 174 Å². The van der Waals surface area contributed by atoms with Gasteiger partial charge in [0.2, 0.25) is 0 Å². The van der Waals surface area contributed by atoms with Gasteiger partial charge in [0, 0.05) is 24.0 Å². The number of hydrogen-bond donors (Lipinski definition) is 2.